The van der Waals surface area contributed by atoms with Gasteiger partial charge >= 0.3 is 0 Å². The summed E-state index contributed by atoms with van der Waals surface area (Å²) in [6, 6.07) is 5.33. The number of fused-ring (bicyclic) bond motifs is 1. The third-order valence-corrected chi connectivity index (χ3v) is 4.46. The van der Waals surface area contributed by atoms with Crippen LogP contribution in [0, 0.1) is 0 Å². The molecule has 0 aliphatic carbocycles. The molecule has 1 heterocycles. The first-order valence-electron chi connectivity index (χ1n) is 5.98. The summed E-state index contributed by atoms with van der Waals surface area (Å²) in [4.78, 5) is 12.5. The lowest BCUT2D eigenvalue weighted by atomic mass is 10.2. The number of carbonyl (C=O) groups is 1. The van der Waals surface area contributed by atoms with Gasteiger partial charge in [-0.15, -0.1) is 11.3 Å². The molecule has 20 heavy (non-hydrogen) atoms. The van der Waals surface area contributed by atoms with Crippen LogP contribution in [0.5, 0.6) is 0 Å². The van der Waals surface area contributed by atoms with Crippen LogP contribution >= 0.6 is 34.5 Å². The molecule has 1 aromatic carbocycles. The van der Waals surface area contributed by atoms with E-state index in [9.17, 15) is 4.79 Å². The van der Waals surface area contributed by atoms with Gasteiger partial charge in [-0.2, -0.15) is 0 Å². The Bertz CT molecular complexity index is 615. The summed E-state index contributed by atoms with van der Waals surface area (Å²) in [7, 11) is 0. The average molecular weight is 334 g/mol. The highest BCUT2D eigenvalue weighted by Gasteiger charge is 2.16. The Morgan fingerprint density at radius 3 is 2.90 bits per heavy atom. The minimum atomic E-state index is -0.236. The van der Waals surface area contributed by atoms with Gasteiger partial charge in [-0.25, -0.2) is 0 Å². The number of hydrogen-bond acceptors (Lipinski definition) is 4. The summed E-state index contributed by atoms with van der Waals surface area (Å²) in [5, 5.41) is 13.1. The molecule has 1 aromatic heterocycles. The quantitative estimate of drug-likeness (QED) is 0.799. The van der Waals surface area contributed by atoms with Gasteiger partial charge in [0.1, 0.15) is 4.88 Å². The molecule has 108 valence electrons. The zero-order valence-electron chi connectivity index (χ0n) is 10.5. The number of hydrogen-bond donors (Lipinski definition) is 2. The van der Waals surface area contributed by atoms with Crippen LogP contribution in [0.1, 0.15) is 9.67 Å². The van der Waals surface area contributed by atoms with Gasteiger partial charge in [-0.05, 0) is 12.1 Å². The van der Waals surface area contributed by atoms with Crippen molar-refractivity contribution in [3.05, 3.63) is 33.1 Å². The molecule has 2 N–H and O–H groups in total. The third-order valence-electron chi connectivity index (χ3n) is 2.57. The highest BCUT2D eigenvalue weighted by atomic mass is 35.5. The van der Waals surface area contributed by atoms with Crippen molar-refractivity contribution in [2.24, 2.45) is 0 Å². The van der Waals surface area contributed by atoms with Crippen LogP contribution in [0.15, 0.2) is 18.2 Å². The van der Waals surface area contributed by atoms with Gasteiger partial charge in [0.15, 0.2) is 0 Å². The van der Waals surface area contributed by atoms with Crippen LogP contribution in [0.25, 0.3) is 10.1 Å². The number of aliphatic hydroxyl groups excluding tert-OH is 1. The van der Waals surface area contributed by atoms with Gasteiger partial charge < -0.3 is 15.2 Å². The zero-order chi connectivity index (χ0) is 14.5. The number of benzene rings is 1. The van der Waals surface area contributed by atoms with Crippen molar-refractivity contribution in [1.82, 2.24) is 5.32 Å². The number of amides is 1. The van der Waals surface area contributed by atoms with E-state index >= 15 is 0 Å². The molecule has 2 aromatic rings. The fourth-order valence-corrected chi connectivity index (χ4v) is 3.38. The van der Waals surface area contributed by atoms with Crippen LogP contribution in [0.4, 0.5) is 0 Å². The second kappa shape index (κ2) is 7.24. The first-order valence-corrected chi connectivity index (χ1v) is 7.55. The molecule has 0 radical (unpaired) electrons. The Balaban J connectivity index is 2.04. The van der Waals surface area contributed by atoms with Crippen molar-refractivity contribution in [1.29, 1.82) is 0 Å². The Morgan fingerprint density at radius 1 is 1.35 bits per heavy atom. The SMILES string of the molecule is O=C(NCCOCCO)c1sc2cc(Cl)ccc2c1Cl. The third kappa shape index (κ3) is 3.62. The van der Waals surface area contributed by atoms with E-state index in [4.69, 9.17) is 33.0 Å². The van der Waals surface area contributed by atoms with Crippen molar-refractivity contribution in [3.8, 4) is 0 Å². The molecule has 0 fully saturated rings. The topological polar surface area (TPSA) is 58.6 Å². The van der Waals surface area contributed by atoms with E-state index in [0.29, 0.717) is 28.1 Å². The predicted molar refractivity (Wildman–Crippen MR) is 82.1 cm³/mol. The standard InChI is InChI=1S/C13H13Cl2NO3S/c14-8-1-2-9-10(7-8)20-12(11(9)15)13(18)16-3-5-19-6-4-17/h1-2,7,17H,3-6H2,(H,16,18). The summed E-state index contributed by atoms with van der Waals surface area (Å²) in [6.45, 7) is 0.944. The molecule has 7 heteroatoms. The van der Waals surface area contributed by atoms with Crippen molar-refractivity contribution < 1.29 is 14.6 Å². The molecule has 0 saturated heterocycles. The Morgan fingerprint density at radius 2 is 2.15 bits per heavy atom. The normalized spacial score (nSPS) is 10.9. The van der Waals surface area contributed by atoms with Gasteiger partial charge in [-0.1, -0.05) is 29.3 Å². The molecule has 4 nitrogen and oxygen atoms in total. The fourth-order valence-electron chi connectivity index (χ4n) is 1.67. The van der Waals surface area contributed by atoms with Gasteiger partial charge in [0.25, 0.3) is 5.91 Å². The Kier molecular flexibility index (Phi) is 5.63. The minimum Gasteiger partial charge on any atom is -0.394 e. The molecule has 0 bridgehead atoms. The van der Waals surface area contributed by atoms with Gasteiger partial charge in [-0.3, -0.25) is 4.79 Å². The van der Waals surface area contributed by atoms with Crippen LogP contribution < -0.4 is 5.32 Å². The van der Waals surface area contributed by atoms with Crippen molar-refractivity contribution >= 4 is 50.5 Å². The number of thiophene rings is 1. The maximum atomic E-state index is 12.0. The molecule has 0 aliphatic rings. The van der Waals surface area contributed by atoms with Crippen LogP contribution in [-0.4, -0.2) is 37.4 Å². The van der Waals surface area contributed by atoms with E-state index in [1.807, 2.05) is 0 Å². The summed E-state index contributed by atoms with van der Waals surface area (Å²) in [5.74, 6) is -0.236. The minimum absolute atomic E-state index is 0.0309. The number of aliphatic hydroxyl groups is 1. The average Bonchev–Trinajstić information content (AvgIpc) is 2.75. The molecule has 0 aliphatic heterocycles. The lowest BCUT2D eigenvalue weighted by molar-refractivity contribution is 0.0840. The summed E-state index contributed by atoms with van der Waals surface area (Å²) in [6.07, 6.45) is 0. The Hall–Kier alpha value is -0.850. The highest BCUT2D eigenvalue weighted by molar-refractivity contribution is 7.21. The van der Waals surface area contributed by atoms with E-state index in [0.717, 1.165) is 10.1 Å². The second-order valence-electron chi connectivity index (χ2n) is 3.98. The molecular weight excluding hydrogens is 321 g/mol. The van der Waals surface area contributed by atoms with E-state index in [2.05, 4.69) is 5.32 Å². The maximum absolute atomic E-state index is 12.0. The molecule has 0 atom stereocenters. The van der Waals surface area contributed by atoms with Gasteiger partial charge in [0, 0.05) is 21.7 Å². The van der Waals surface area contributed by atoms with Crippen LogP contribution in [0.3, 0.4) is 0 Å². The molecule has 1 amide bonds. The maximum Gasteiger partial charge on any atom is 0.263 e. The van der Waals surface area contributed by atoms with Crippen molar-refractivity contribution in [3.63, 3.8) is 0 Å². The van der Waals surface area contributed by atoms with Gasteiger partial charge in [0.2, 0.25) is 0 Å². The van der Waals surface area contributed by atoms with Crippen LogP contribution in [-0.2, 0) is 4.74 Å². The fraction of sp³-hybridized carbons (Fsp3) is 0.308. The summed E-state index contributed by atoms with van der Waals surface area (Å²) < 4.78 is 5.94. The number of nitrogens with one attached hydrogen (secondary N) is 1. The molecule has 0 unspecified atom stereocenters. The van der Waals surface area contributed by atoms with E-state index in [1.54, 1.807) is 18.2 Å². The van der Waals surface area contributed by atoms with Crippen molar-refractivity contribution in [2.75, 3.05) is 26.4 Å². The van der Waals surface area contributed by atoms with Crippen LogP contribution in [0.2, 0.25) is 10.0 Å². The lowest BCUT2D eigenvalue weighted by Crippen LogP contribution is -2.27. The van der Waals surface area contributed by atoms with Gasteiger partial charge in [0.05, 0.1) is 24.8 Å². The smallest absolute Gasteiger partial charge is 0.263 e. The van der Waals surface area contributed by atoms with E-state index in [-0.39, 0.29) is 19.1 Å². The lowest BCUT2D eigenvalue weighted by Gasteiger charge is -2.04. The summed E-state index contributed by atoms with van der Waals surface area (Å²) in [5.41, 5.74) is 0. The Labute approximate surface area is 130 Å². The zero-order valence-corrected chi connectivity index (χ0v) is 12.8. The second-order valence-corrected chi connectivity index (χ2v) is 5.84. The van der Waals surface area contributed by atoms with E-state index < -0.39 is 0 Å². The summed E-state index contributed by atoms with van der Waals surface area (Å²) >= 11 is 13.4. The first kappa shape index (κ1) is 15.5. The highest BCUT2D eigenvalue weighted by Crippen LogP contribution is 2.36. The molecule has 0 saturated carbocycles. The number of halogens is 2. The van der Waals surface area contributed by atoms with Crippen molar-refractivity contribution in [2.45, 2.75) is 0 Å². The number of rotatable bonds is 6. The molecular formula is C13H13Cl2NO3S. The molecule has 2 rings (SSSR count). The molecule has 0 spiro atoms. The number of carbonyl (C=O) groups excluding carboxylic acids is 1. The predicted octanol–water partition coefficient (Wildman–Crippen LogP) is 2.95. The number of ether oxygens (including phenoxy) is 1. The monoisotopic (exact) mass is 333 g/mol. The first-order chi connectivity index (χ1) is 9.63. The largest absolute Gasteiger partial charge is 0.394 e. The van der Waals surface area contributed by atoms with E-state index in [1.165, 1.54) is 11.3 Å².